The van der Waals surface area contributed by atoms with Crippen molar-refractivity contribution < 1.29 is 19.2 Å². The van der Waals surface area contributed by atoms with Gasteiger partial charge in [0.2, 0.25) is 0 Å². The van der Waals surface area contributed by atoms with Crippen LogP contribution in [0.4, 0.5) is 5.69 Å². The van der Waals surface area contributed by atoms with Crippen LogP contribution in [0.25, 0.3) is 12.2 Å². The Labute approximate surface area is 169 Å². The van der Waals surface area contributed by atoms with Gasteiger partial charge < -0.3 is 9.74 Å². The van der Waals surface area contributed by atoms with Crippen LogP contribution >= 0.6 is 0 Å². The molecule has 148 valence electrons. The molecule has 4 rings (SSSR count). The van der Waals surface area contributed by atoms with Crippen molar-refractivity contribution in [3.63, 3.8) is 0 Å². The molecule has 29 heavy (non-hydrogen) atoms. The SMILES string of the molecule is O=C(CCCN1Cc2ccccc2/C=C\c2ccccc21)ON1C(=O)CCC1=O. The minimum Gasteiger partial charge on any atom is -0.367 e. The summed E-state index contributed by atoms with van der Waals surface area (Å²) in [6, 6.07) is 16.4. The zero-order valence-electron chi connectivity index (χ0n) is 16.0. The van der Waals surface area contributed by atoms with Gasteiger partial charge in [0.25, 0.3) is 11.8 Å². The van der Waals surface area contributed by atoms with Crippen LogP contribution in [0, 0.1) is 0 Å². The lowest BCUT2D eigenvalue weighted by atomic mass is 10.0. The summed E-state index contributed by atoms with van der Waals surface area (Å²) in [5, 5.41) is 0.606. The van der Waals surface area contributed by atoms with Crippen LogP contribution in [0.3, 0.4) is 0 Å². The zero-order valence-corrected chi connectivity index (χ0v) is 16.0. The number of carbonyl (C=O) groups is 3. The van der Waals surface area contributed by atoms with Gasteiger partial charge in [-0.25, -0.2) is 4.79 Å². The average molecular weight is 390 g/mol. The topological polar surface area (TPSA) is 66.9 Å². The van der Waals surface area contributed by atoms with Crippen LogP contribution < -0.4 is 4.90 Å². The summed E-state index contributed by atoms with van der Waals surface area (Å²) in [7, 11) is 0. The van der Waals surface area contributed by atoms with Gasteiger partial charge in [0.1, 0.15) is 0 Å². The van der Waals surface area contributed by atoms with E-state index >= 15 is 0 Å². The van der Waals surface area contributed by atoms with Gasteiger partial charge in [-0.2, -0.15) is 0 Å². The lowest BCUT2D eigenvalue weighted by Crippen LogP contribution is -2.32. The summed E-state index contributed by atoms with van der Waals surface area (Å²) >= 11 is 0. The highest BCUT2D eigenvalue weighted by Gasteiger charge is 2.32. The van der Waals surface area contributed by atoms with E-state index in [2.05, 4.69) is 41.3 Å². The van der Waals surface area contributed by atoms with Gasteiger partial charge in [-0.1, -0.05) is 54.6 Å². The molecular weight excluding hydrogens is 368 g/mol. The minimum absolute atomic E-state index is 0.101. The largest absolute Gasteiger partial charge is 0.367 e. The Bertz CT molecular complexity index is 966. The van der Waals surface area contributed by atoms with Crippen LogP contribution in [0.2, 0.25) is 0 Å². The molecule has 2 aliphatic rings. The molecule has 2 aromatic rings. The predicted octanol–water partition coefficient (Wildman–Crippen LogP) is 3.56. The van der Waals surface area contributed by atoms with E-state index in [1.165, 1.54) is 11.1 Å². The highest BCUT2D eigenvalue weighted by Crippen LogP contribution is 2.28. The smallest absolute Gasteiger partial charge is 0.333 e. The average Bonchev–Trinajstić information content (AvgIpc) is 3.03. The molecule has 2 aliphatic heterocycles. The van der Waals surface area contributed by atoms with Crippen molar-refractivity contribution in [3.8, 4) is 0 Å². The maximum atomic E-state index is 12.1. The first-order chi connectivity index (χ1) is 14.1. The molecule has 6 heteroatoms. The fourth-order valence-corrected chi connectivity index (χ4v) is 3.65. The maximum absolute atomic E-state index is 12.1. The molecule has 0 aliphatic carbocycles. The van der Waals surface area contributed by atoms with E-state index in [-0.39, 0.29) is 19.3 Å². The quantitative estimate of drug-likeness (QED) is 0.731. The number of carbonyl (C=O) groups excluding carboxylic acids is 3. The number of imide groups is 1. The molecule has 2 amide bonds. The second-order valence-electron chi connectivity index (χ2n) is 7.16. The van der Waals surface area contributed by atoms with Crippen LogP contribution in [-0.4, -0.2) is 29.4 Å². The van der Waals surface area contributed by atoms with Crippen LogP contribution in [-0.2, 0) is 25.8 Å². The van der Waals surface area contributed by atoms with E-state index in [0.717, 1.165) is 17.8 Å². The molecule has 0 atom stereocenters. The highest BCUT2D eigenvalue weighted by atomic mass is 16.7. The zero-order chi connectivity index (χ0) is 20.2. The summed E-state index contributed by atoms with van der Waals surface area (Å²) < 4.78 is 0. The second-order valence-corrected chi connectivity index (χ2v) is 7.16. The molecular formula is C23H22N2O4. The van der Waals surface area contributed by atoms with Gasteiger partial charge in [0.15, 0.2) is 0 Å². The van der Waals surface area contributed by atoms with E-state index in [1.54, 1.807) is 0 Å². The molecule has 2 aromatic carbocycles. The number of benzene rings is 2. The number of hydrogen-bond acceptors (Lipinski definition) is 5. The first-order valence-corrected chi connectivity index (χ1v) is 9.78. The van der Waals surface area contributed by atoms with E-state index in [9.17, 15) is 14.4 Å². The van der Waals surface area contributed by atoms with Crippen molar-refractivity contribution in [2.45, 2.75) is 32.2 Å². The van der Waals surface area contributed by atoms with Crippen molar-refractivity contribution in [3.05, 3.63) is 65.2 Å². The third-order valence-corrected chi connectivity index (χ3v) is 5.14. The monoisotopic (exact) mass is 390 g/mol. The molecule has 1 saturated heterocycles. The van der Waals surface area contributed by atoms with Crippen LogP contribution in [0.1, 0.15) is 42.4 Å². The fourth-order valence-electron chi connectivity index (χ4n) is 3.65. The van der Waals surface area contributed by atoms with E-state index in [1.807, 2.05) is 24.3 Å². The minimum atomic E-state index is -0.561. The van der Waals surface area contributed by atoms with Gasteiger partial charge in [0, 0.05) is 38.0 Å². The molecule has 0 saturated carbocycles. The number of para-hydroxylation sites is 1. The van der Waals surface area contributed by atoms with E-state index in [0.29, 0.717) is 18.0 Å². The molecule has 0 bridgehead atoms. The maximum Gasteiger partial charge on any atom is 0.333 e. The fraction of sp³-hybridized carbons (Fsp3) is 0.261. The van der Waals surface area contributed by atoms with Gasteiger partial charge in [-0.15, -0.1) is 5.06 Å². The first kappa shape index (κ1) is 18.9. The van der Waals surface area contributed by atoms with Crippen LogP contribution in [0.5, 0.6) is 0 Å². The number of amides is 2. The standard InChI is InChI=1S/C23H22N2O4/c26-21-13-14-22(27)25(21)29-23(28)10-5-15-24-16-19-8-2-1-6-17(19)11-12-18-7-3-4-9-20(18)24/h1-4,6-9,11-12H,5,10,13-16H2/b12-11-. The molecule has 0 unspecified atom stereocenters. The molecule has 6 nitrogen and oxygen atoms in total. The summed E-state index contributed by atoms with van der Waals surface area (Å²) in [5.74, 6) is -1.47. The van der Waals surface area contributed by atoms with Gasteiger partial charge >= 0.3 is 5.97 Å². The van der Waals surface area contributed by atoms with E-state index < -0.39 is 17.8 Å². The number of hydrogen-bond donors (Lipinski definition) is 0. The lowest BCUT2D eigenvalue weighted by Gasteiger charge is -2.28. The summed E-state index contributed by atoms with van der Waals surface area (Å²) in [5.41, 5.74) is 4.63. The normalized spacial score (nSPS) is 16.7. The molecule has 1 fully saturated rings. The molecule has 0 aromatic heterocycles. The number of nitrogens with zero attached hydrogens (tertiary/aromatic N) is 2. The Kier molecular flexibility index (Phi) is 5.42. The van der Waals surface area contributed by atoms with Gasteiger partial charge in [0.05, 0.1) is 0 Å². The van der Waals surface area contributed by atoms with Crippen molar-refractivity contribution in [1.82, 2.24) is 5.06 Å². The Morgan fingerprint density at radius 3 is 2.34 bits per heavy atom. The van der Waals surface area contributed by atoms with Crippen molar-refractivity contribution >= 4 is 35.6 Å². The summed E-state index contributed by atoms with van der Waals surface area (Å²) in [6.45, 7) is 1.38. The third kappa shape index (κ3) is 4.21. The summed E-state index contributed by atoms with van der Waals surface area (Å²) in [6.07, 6.45) is 5.13. The first-order valence-electron chi connectivity index (χ1n) is 9.78. The lowest BCUT2D eigenvalue weighted by molar-refractivity contribution is -0.197. The molecule has 0 radical (unpaired) electrons. The number of anilines is 1. The van der Waals surface area contributed by atoms with E-state index in [4.69, 9.17) is 4.84 Å². The molecule has 2 heterocycles. The summed E-state index contributed by atoms with van der Waals surface area (Å²) in [4.78, 5) is 42.5. The van der Waals surface area contributed by atoms with Crippen LogP contribution in [0.15, 0.2) is 48.5 Å². The highest BCUT2D eigenvalue weighted by molar-refractivity contribution is 6.01. The van der Waals surface area contributed by atoms with Crippen molar-refractivity contribution in [2.24, 2.45) is 0 Å². The van der Waals surface area contributed by atoms with Gasteiger partial charge in [-0.3, -0.25) is 9.59 Å². The Hall–Kier alpha value is -3.41. The Morgan fingerprint density at radius 2 is 1.55 bits per heavy atom. The second kappa shape index (κ2) is 8.31. The predicted molar refractivity (Wildman–Crippen MR) is 109 cm³/mol. The molecule has 0 N–H and O–H groups in total. The Morgan fingerprint density at radius 1 is 0.897 bits per heavy atom. The number of fused-ring (bicyclic) bond motifs is 2. The number of hydroxylamine groups is 2. The van der Waals surface area contributed by atoms with Gasteiger partial charge in [-0.05, 0) is 29.2 Å². The number of rotatable bonds is 5. The third-order valence-electron chi connectivity index (χ3n) is 5.14. The Balaban J connectivity index is 1.44. The van der Waals surface area contributed by atoms with Crippen molar-refractivity contribution in [1.29, 1.82) is 0 Å². The molecule has 0 spiro atoms. The van der Waals surface area contributed by atoms with Crippen molar-refractivity contribution in [2.75, 3.05) is 11.4 Å².